The van der Waals surface area contributed by atoms with Crippen LogP contribution >= 0.6 is 15.9 Å². The van der Waals surface area contributed by atoms with Crippen LogP contribution in [0.2, 0.25) is 0 Å². The summed E-state index contributed by atoms with van der Waals surface area (Å²) in [5.74, 6) is -1.14. The highest BCUT2D eigenvalue weighted by Crippen LogP contribution is 2.27. The number of nitro benzene ring substituents is 1. The number of nitrogens with zero attached hydrogens (tertiary/aromatic N) is 1. The van der Waals surface area contributed by atoms with Crippen LogP contribution in [-0.2, 0) is 4.79 Å². The molecule has 0 aliphatic carbocycles. The van der Waals surface area contributed by atoms with Gasteiger partial charge in [-0.25, -0.2) is 4.79 Å². The molecule has 0 aromatic heterocycles. The summed E-state index contributed by atoms with van der Waals surface area (Å²) in [7, 11) is 0. The normalized spacial score (nSPS) is 11.2. The molecule has 0 aliphatic heterocycles. The molecular weight excluding hydrogens is 338 g/mol. The van der Waals surface area contributed by atoms with Gasteiger partial charge in [-0.1, -0.05) is 46.3 Å². The standard InChI is InChI=1S/C15H10BrNO4/c16-12-6-7-14(17(20)21)11(8-12)9-13(15(18)19)10-4-2-1-3-5-10/h1-9H,(H,18,19)/b13-9+. The summed E-state index contributed by atoms with van der Waals surface area (Å²) in [5.41, 5.74) is 0.569. The smallest absolute Gasteiger partial charge is 0.336 e. The Hall–Kier alpha value is -2.47. The number of carboxylic acid groups (broad SMARTS) is 1. The molecule has 0 aliphatic rings. The molecule has 2 aromatic rings. The third-order valence-electron chi connectivity index (χ3n) is 2.80. The van der Waals surface area contributed by atoms with E-state index in [1.807, 2.05) is 0 Å². The van der Waals surface area contributed by atoms with Crippen molar-refractivity contribution < 1.29 is 14.8 Å². The number of aliphatic carboxylic acids is 1. The number of carboxylic acids is 1. The zero-order valence-electron chi connectivity index (χ0n) is 10.7. The van der Waals surface area contributed by atoms with Gasteiger partial charge in [0.05, 0.1) is 16.1 Å². The van der Waals surface area contributed by atoms with Gasteiger partial charge in [-0.05, 0) is 23.8 Å². The van der Waals surface area contributed by atoms with Crippen LogP contribution in [0.1, 0.15) is 11.1 Å². The molecule has 0 spiro atoms. The first kappa shape index (κ1) is 14.9. The fraction of sp³-hybridized carbons (Fsp3) is 0. The molecule has 0 saturated heterocycles. The van der Waals surface area contributed by atoms with E-state index in [4.69, 9.17) is 0 Å². The highest BCUT2D eigenvalue weighted by atomic mass is 79.9. The maximum Gasteiger partial charge on any atom is 0.336 e. The Morgan fingerprint density at radius 3 is 2.43 bits per heavy atom. The van der Waals surface area contributed by atoms with Crippen molar-refractivity contribution in [1.82, 2.24) is 0 Å². The summed E-state index contributed by atoms with van der Waals surface area (Å²) < 4.78 is 0.636. The fourth-order valence-corrected chi connectivity index (χ4v) is 2.23. The Balaban J connectivity index is 2.61. The molecular formula is C15H10BrNO4. The van der Waals surface area contributed by atoms with Crippen LogP contribution in [0, 0.1) is 10.1 Å². The topological polar surface area (TPSA) is 80.4 Å². The van der Waals surface area contributed by atoms with Crippen LogP contribution in [0.5, 0.6) is 0 Å². The van der Waals surface area contributed by atoms with Crippen LogP contribution in [0.25, 0.3) is 11.6 Å². The number of carbonyl (C=O) groups is 1. The lowest BCUT2D eigenvalue weighted by atomic mass is 10.0. The summed E-state index contributed by atoms with van der Waals surface area (Å²) in [5, 5.41) is 20.4. The van der Waals surface area contributed by atoms with Crippen LogP contribution in [0.3, 0.4) is 0 Å². The number of hydrogen-bond donors (Lipinski definition) is 1. The highest BCUT2D eigenvalue weighted by molar-refractivity contribution is 9.10. The van der Waals surface area contributed by atoms with Gasteiger partial charge in [-0.2, -0.15) is 0 Å². The molecule has 0 fully saturated rings. The molecule has 6 heteroatoms. The summed E-state index contributed by atoms with van der Waals surface area (Å²) >= 11 is 3.23. The summed E-state index contributed by atoms with van der Waals surface area (Å²) in [6.45, 7) is 0. The molecule has 1 N–H and O–H groups in total. The lowest BCUT2D eigenvalue weighted by molar-refractivity contribution is -0.385. The van der Waals surface area contributed by atoms with Gasteiger partial charge in [-0.3, -0.25) is 10.1 Å². The lowest BCUT2D eigenvalue weighted by Crippen LogP contribution is -2.00. The molecule has 2 rings (SSSR count). The van der Waals surface area contributed by atoms with E-state index in [1.165, 1.54) is 18.2 Å². The molecule has 0 bridgehead atoms. The molecule has 0 radical (unpaired) electrons. The molecule has 0 amide bonds. The number of benzene rings is 2. The molecule has 106 valence electrons. The molecule has 5 nitrogen and oxygen atoms in total. The summed E-state index contributed by atoms with van der Waals surface area (Å²) in [6, 6.07) is 12.9. The second-order valence-electron chi connectivity index (χ2n) is 4.19. The van der Waals surface area contributed by atoms with Gasteiger partial charge in [-0.15, -0.1) is 0 Å². The van der Waals surface area contributed by atoms with Gasteiger partial charge in [0, 0.05) is 10.5 Å². The third-order valence-corrected chi connectivity index (χ3v) is 3.29. The largest absolute Gasteiger partial charge is 0.478 e. The van der Waals surface area contributed by atoms with Crippen molar-refractivity contribution in [2.24, 2.45) is 0 Å². The summed E-state index contributed by atoms with van der Waals surface area (Å²) in [4.78, 5) is 21.9. The predicted octanol–water partition coefficient (Wildman–Crippen LogP) is 3.98. The van der Waals surface area contributed by atoms with Gasteiger partial charge >= 0.3 is 5.97 Å². The first-order valence-corrected chi connectivity index (χ1v) is 6.72. The quantitative estimate of drug-likeness (QED) is 0.392. The van der Waals surface area contributed by atoms with E-state index in [2.05, 4.69) is 15.9 Å². The Morgan fingerprint density at radius 1 is 1.19 bits per heavy atom. The predicted molar refractivity (Wildman–Crippen MR) is 82.7 cm³/mol. The minimum Gasteiger partial charge on any atom is -0.478 e. The fourth-order valence-electron chi connectivity index (χ4n) is 1.85. The first-order valence-electron chi connectivity index (χ1n) is 5.93. The van der Waals surface area contributed by atoms with Crippen molar-refractivity contribution in [2.75, 3.05) is 0 Å². The van der Waals surface area contributed by atoms with E-state index in [0.717, 1.165) is 0 Å². The maximum absolute atomic E-state index is 11.4. The van der Waals surface area contributed by atoms with Crippen LogP contribution in [-0.4, -0.2) is 16.0 Å². The number of halogens is 1. The van der Waals surface area contributed by atoms with E-state index < -0.39 is 10.9 Å². The van der Waals surface area contributed by atoms with Crippen molar-refractivity contribution in [3.05, 3.63) is 74.2 Å². The summed E-state index contributed by atoms with van der Waals surface area (Å²) in [6.07, 6.45) is 1.31. The Kier molecular flexibility index (Phi) is 4.49. The van der Waals surface area contributed by atoms with Gasteiger partial charge in [0.1, 0.15) is 0 Å². The third kappa shape index (κ3) is 3.55. The Morgan fingerprint density at radius 2 is 1.86 bits per heavy atom. The van der Waals surface area contributed by atoms with Crippen LogP contribution < -0.4 is 0 Å². The highest BCUT2D eigenvalue weighted by Gasteiger charge is 2.16. The average Bonchev–Trinajstić information content (AvgIpc) is 2.45. The average molecular weight is 348 g/mol. The first-order chi connectivity index (χ1) is 9.99. The van der Waals surface area contributed by atoms with E-state index in [0.29, 0.717) is 10.0 Å². The van der Waals surface area contributed by atoms with Gasteiger partial charge in [0.2, 0.25) is 0 Å². The second kappa shape index (κ2) is 6.32. The second-order valence-corrected chi connectivity index (χ2v) is 5.11. The monoisotopic (exact) mass is 347 g/mol. The van der Waals surface area contributed by atoms with Gasteiger partial charge in [0.15, 0.2) is 0 Å². The van der Waals surface area contributed by atoms with Crippen molar-refractivity contribution in [2.45, 2.75) is 0 Å². The van der Waals surface area contributed by atoms with E-state index >= 15 is 0 Å². The zero-order chi connectivity index (χ0) is 15.4. The Labute approximate surface area is 128 Å². The van der Waals surface area contributed by atoms with Crippen molar-refractivity contribution >= 4 is 39.2 Å². The van der Waals surface area contributed by atoms with E-state index in [-0.39, 0.29) is 16.8 Å². The minimum absolute atomic E-state index is 0.00296. The number of hydrogen-bond acceptors (Lipinski definition) is 3. The number of nitro groups is 1. The van der Waals surface area contributed by atoms with Crippen molar-refractivity contribution in [3.8, 4) is 0 Å². The SMILES string of the molecule is O=C(O)/C(=C/c1cc(Br)ccc1[N+](=O)[O-])c1ccccc1. The van der Waals surface area contributed by atoms with Crippen LogP contribution in [0.4, 0.5) is 5.69 Å². The van der Waals surface area contributed by atoms with Crippen molar-refractivity contribution in [3.63, 3.8) is 0 Å². The van der Waals surface area contributed by atoms with Crippen molar-refractivity contribution in [1.29, 1.82) is 0 Å². The maximum atomic E-state index is 11.4. The molecule has 0 heterocycles. The lowest BCUT2D eigenvalue weighted by Gasteiger charge is -2.04. The van der Waals surface area contributed by atoms with Gasteiger partial charge in [0.25, 0.3) is 5.69 Å². The Bertz CT molecular complexity index is 726. The molecule has 0 atom stereocenters. The molecule has 21 heavy (non-hydrogen) atoms. The molecule has 0 saturated carbocycles. The van der Waals surface area contributed by atoms with Gasteiger partial charge < -0.3 is 5.11 Å². The molecule has 0 unspecified atom stereocenters. The minimum atomic E-state index is -1.14. The number of rotatable bonds is 4. The van der Waals surface area contributed by atoms with E-state index in [9.17, 15) is 20.0 Å². The van der Waals surface area contributed by atoms with Crippen LogP contribution in [0.15, 0.2) is 53.0 Å². The molecule has 2 aromatic carbocycles. The zero-order valence-corrected chi connectivity index (χ0v) is 12.3. The van der Waals surface area contributed by atoms with E-state index in [1.54, 1.807) is 36.4 Å².